The number of Topliss-reactive ketones (excluding diaryl/α,β-unsaturated/α-hetero) is 1. The molecule has 0 spiro atoms. The Kier molecular flexibility index (Phi) is 5.05. The number of ketones is 1. The highest BCUT2D eigenvalue weighted by Gasteiger charge is 2.24. The van der Waals surface area contributed by atoms with Crippen LogP contribution in [-0.2, 0) is 4.74 Å². The highest BCUT2D eigenvalue weighted by atomic mass is 35.5. The third kappa shape index (κ3) is 3.46. The lowest BCUT2D eigenvalue weighted by molar-refractivity contribution is 0.0320. The molecular weight excluding hydrogens is 350 g/mol. The molecule has 3 aromatic rings. The lowest BCUT2D eigenvalue weighted by Crippen LogP contribution is -2.25. The molecule has 0 aliphatic rings. The van der Waals surface area contributed by atoms with Gasteiger partial charge in [-0.2, -0.15) is 0 Å². The van der Waals surface area contributed by atoms with Crippen LogP contribution in [-0.4, -0.2) is 22.8 Å². The van der Waals surface area contributed by atoms with Crippen molar-refractivity contribution in [1.82, 2.24) is 4.98 Å². The third-order valence-corrected chi connectivity index (χ3v) is 4.58. The predicted octanol–water partition coefficient (Wildman–Crippen LogP) is 4.93. The fourth-order valence-corrected chi connectivity index (χ4v) is 3.03. The zero-order valence-corrected chi connectivity index (χ0v) is 15.5. The van der Waals surface area contributed by atoms with E-state index in [1.165, 1.54) is 0 Å². The van der Waals surface area contributed by atoms with Gasteiger partial charge in [-0.15, -0.1) is 0 Å². The van der Waals surface area contributed by atoms with E-state index in [-0.39, 0.29) is 5.78 Å². The molecule has 26 heavy (non-hydrogen) atoms. The summed E-state index contributed by atoms with van der Waals surface area (Å²) in [5.41, 5.74) is 3.07. The topological polar surface area (TPSA) is 56.3 Å². The minimum atomic E-state index is -0.924. The lowest BCUT2D eigenvalue weighted by atomic mass is 10.0. The second-order valence-electron chi connectivity index (χ2n) is 6.14. The summed E-state index contributed by atoms with van der Waals surface area (Å²) in [6.07, 6.45) is -0.924. The van der Waals surface area contributed by atoms with Gasteiger partial charge in [0.15, 0.2) is 6.10 Å². The SMILES string of the molecule is Cc1nc2ccccc2c(C(=O)O[C@H](C)C(=O)c2cccc(Cl)c2)c1C. The van der Waals surface area contributed by atoms with Crippen molar-refractivity contribution in [3.63, 3.8) is 0 Å². The molecule has 0 aliphatic heterocycles. The van der Waals surface area contributed by atoms with Crippen LogP contribution in [0.15, 0.2) is 48.5 Å². The molecule has 1 heterocycles. The summed E-state index contributed by atoms with van der Waals surface area (Å²) in [6.45, 7) is 5.24. The molecule has 0 N–H and O–H groups in total. The smallest absolute Gasteiger partial charge is 0.339 e. The maximum atomic E-state index is 12.8. The number of hydrogen-bond donors (Lipinski definition) is 0. The summed E-state index contributed by atoms with van der Waals surface area (Å²) in [7, 11) is 0. The van der Waals surface area contributed by atoms with Crippen LogP contribution in [0.4, 0.5) is 0 Å². The summed E-state index contributed by atoms with van der Waals surface area (Å²) < 4.78 is 5.48. The standard InChI is InChI=1S/C21H18ClNO3/c1-12-13(2)23-18-10-5-4-9-17(18)19(12)21(25)26-14(3)20(24)15-7-6-8-16(22)11-15/h4-11,14H,1-3H3/t14-/m1/s1. The highest BCUT2D eigenvalue weighted by Crippen LogP contribution is 2.24. The number of hydrogen-bond acceptors (Lipinski definition) is 4. The highest BCUT2D eigenvalue weighted by molar-refractivity contribution is 6.31. The van der Waals surface area contributed by atoms with Crippen molar-refractivity contribution in [1.29, 1.82) is 0 Å². The van der Waals surface area contributed by atoms with E-state index >= 15 is 0 Å². The molecule has 0 fully saturated rings. The van der Waals surface area contributed by atoms with Crippen LogP contribution >= 0.6 is 11.6 Å². The van der Waals surface area contributed by atoms with E-state index in [9.17, 15) is 9.59 Å². The average molecular weight is 368 g/mol. The molecule has 2 aromatic carbocycles. The van der Waals surface area contributed by atoms with Gasteiger partial charge in [0.25, 0.3) is 0 Å². The molecule has 1 aromatic heterocycles. The normalized spacial score (nSPS) is 12.0. The number of ether oxygens (including phenoxy) is 1. The monoisotopic (exact) mass is 367 g/mol. The van der Waals surface area contributed by atoms with Gasteiger partial charge in [-0.1, -0.05) is 41.9 Å². The van der Waals surface area contributed by atoms with Crippen LogP contribution in [0.2, 0.25) is 5.02 Å². The number of pyridine rings is 1. The molecule has 1 atom stereocenters. The quantitative estimate of drug-likeness (QED) is 0.484. The Bertz CT molecular complexity index is 1010. The van der Waals surface area contributed by atoms with E-state index in [1.54, 1.807) is 31.2 Å². The zero-order valence-electron chi connectivity index (χ0n) is 14.7. The van der Waals surface area contributed by atoms with Gasteiger partial charge >= 0.3 is 5.97 Å². The van der Waals surface area contributed by atoms with Crippen molar-refractivity contribution in [2.75, 3.05) is 0 Å². The van der Waals surface area contributed by atoms with Crippen molar-refractivity contribution in [3.8, 4) is 0 Å². The first-order chi connectivity index (χ1) is 12.4. The molecule has 0 unspecified atom stereocenters. The van der Waals surface area contributed by atoms with Crippen LogP contribution < -0.4 is 0 Å². The van der Waals surface area contributed by atoms with Gasteiger partial charge < -0.3 is 4.74 Å². The zero-order chi connectivity index (χ0) is 18.8. The molecule has 0 saturated heterocycles. The first kappa shape index (κ1) is 18.1. The second-order valence-corrected chi connectivity index (χ2v) is 6.57. The molecule has 4 nitrogen and oxygen atoms in total. The minimum Gasteiger partial charge on any atom is -0.451 e. The number of esters is 1. The van der Waals surface area contributed by atoms with Gasteiger partial charge in [0, 0.05) is 21.7 Å². The Morgan fingerprint density at radius 2 is 1.81 bits per heavy atom. The summed E-state index contributed by atoms with van der Waals surface area (Å²) in [6, 6.07) is 14.0. The van der Waals surface area contributed by atoms with Gasteiger partial charge in [0.2, 0.25) is 5.78 Å². The van der Waals surface area contributed by atoms with Gasteiger partial charge in [-0.25, -0.2) is 4.79 Å². The Morgan fingerprint density at radius 1 is 1.08 bits per heavy atom. The van der Waals surface area contributed by atoms with E-state index < -0.39 is 12.1 Å². The van der Waals surface area contributed by atoms with Crippen LogP contribution in [0.5, 0.6) is 0 Å². The van der Waals surface area contributed by atoms with Gasteiger partial charge in [0.05, 0.1) is 11.1 Å². The van der Waals surface area contributed by atoms with Crippen LogP contribution in [0.1, 0.15) is 38.9 Å². The molecule has 0 saturated carbocycles. The first-order valence-corrected chi connectivity index (χ1v) is 8.63. The molecule has 0 aliphatic carbocycles. The number of benzene rings is 2. The molecule has 0 radical (unpaired) electrons. The molecular formula is C21H18ClNO3. The third-order valence-electron chi connectivity index (χ3n) is 4.35. The van der Waals surface area contributed by atoms with Crippen molar-refractivity contribution < 1.29 is 14.3 Å². The fraction of sp³-hybridized carbons (Fsp3) is 0.190. The first-order valence-electron chi connectivity index (χ1n) is 8.25. The summed E-state index contributed by atoms with van der Waals surface area (Å²) in [5.74, 6) is -0.833. The van der Waals surface area contributed by atoms with E-state index in [2.05, 4.69) is 4.98 Å². The van der Waals surface area contributed by atoms with Gasteiger partial charge in [-0.05, 0) is 44.5 Å². The maximum Gasteiger partial charge on any atom is 0.339 e. The number of fused-ring (bicyclic) bond motifs is 1. The summed E-state index contributed by atoms with van der Waals surface area (Å²) in [5, 5.41) is 1.17. The van der Waals surface area contributed by atoms with E-state index in [0.29, 0.717) is 21.5 Å². The number of para-hydroxylation sites is 1. The predicted molar refractivity (Wildman–Crippen MR) is 102 cm³/mol. The van der Waals surface area contributed by atoms with Crippen molar-refractivity contribution in [3.05, 3.63) is 75.9 Å². The number of halogens is 1. The molecule has 0 bridgehead atoms. The summed E-state index contributed by atoms with van der Waals surface area (Å²) >= 11 is 5.93. The number of aromatic nitrogens is 1. The van der Waals surface area contributed by atoms with Crippen LogP contribution in [0.25, 0.3) is 10.9 Å². The van der Waals surface area contributed by atoms with Crippen LogP contribution in [0.3, 0.4) is 0 Å². The number of rotatable bonds is 4. The van der Waals surface area contributed by atoms with E-state index in [0.717, 1.165) is 16.8 Å². The van der Waals surface area contributed by atoms with Gasteiger partial charge in [-0.3, -0.25) is 9.78 Å². The second kappa shape index (κ2) is 7.26. The van der Waals surface area contributed by atoms with Gasteiger partial charge in [0.1, 0.15) is 0 Å². The van der Waals surface area contributed by atoms with E-state index in [4.69, 9.17) is 16.3 Å². The lowest BCUT2D eigenvalue weighted by Gasteiger charge is -2.16. The molecule has 0 amide bonds. The number of carbonyl (C=O) groups excluding carboxylic acids is 2. The maximum absolute atomic E-state index is 12.8. The number of aryl methyl sites for hydroxylation is 1. The Morgan fingerprint density at radius 3 is 2.54 bits per heavy atom. The average Bonchev–Trinajstić information content (AvgIpc) is 2.62. The number of nitrogens with zero attached hydrogens (tertiary/aromatic N) is 1. The molecule has 5 heteroatoms. The molecule has 132 valence electrons. The van der Waals surface area contributed by atoms with Crippen LogP contribution in [0, 0.1) is 13.8 Å². The summed E-state index contributed by atoms with van der Waals surface area (Å²) in [4.78, 5) is 29.8. The Hall–Kier alpha value is -2.72. The van der Waals surface area contributed by atoms with Crippen molar-refractivity contribution in [2.24, 2.45) is 0 Å². The minimum absolute atomic E-state index is 0.298. The largest absolute Gasteiger partial charge is 0.451 e. The Labute approximate surface area is 156 Å². The fourth-order valence-electron chi connectivity index (χ4n) is 2.84. The van der Waals surface area contributed by atoms with Crippen molar-refractivity contribution in [2.45, 2.75) is 26.9 Å². The van der Waals surface area contributed by atoms with Crippen molar-refractivity contribution >= 4 is 34.3 Å². The molecule has 3 rings (SSSR count). The van der Waals surface area contributed by atoms with E-state index in [1.807, 2.05) is 38.1 Å². The Balaban J connectivity index is 1.92. The number of carbonyl (C=O) groups is 2.